The zero-order chi connectivity index (χ0) is 16.8. The van der Waals surface area contributed by atoms with Gasteiger partial charge in [0.15, 0.2) is 10.7 Å². The molecule has 8 nitrogen and oxygen atoms in total. The number of thioether (sulfide) groups is 1. The van der Waals surface area contributed by atoms with Gasteiger partial charge in [0.05, 0.1) is 10.9 Å². The number of carboxylic acid groups (broad SMARTS) is 1. The summed E-state index contributed by atoms with van der Waals surface area (Å²) in [7, 11) is 0. The Hall–Kier alpha value is -2.14. The first-order chi connectivity index (χ1) is 11.0. The van der Waals surface area contributed by atoms with Gasteiger partial charge in [0.2, 0.25) is 5.84 Å². The summed E-state index contributed by atoms with van der Waals surface area (Å²) in [5.41, 5.74) is 0.555. The summed E-state index contributed by atoms with van der Waals surface area (Å²) in [6.45, 7) is 0. The molecule has 1 heterocycles. The quantitative estimate of drug-likeness (QED) is 0.221. The highest BCUT2D eigenvalue weighted by atomic mass is 79.9. The number of halogens is 2. The van der Waals surface area contributed by atoms with Crippen LogP contribution in [0, 0.1) is 5.82 Å². The van der Waals surface area contributed by atoms with E-state index in [1.54, 1.807) is 0 Å². The van der Waals surface area contributed by atoms with Crippen molar-refractivity contribution in [3.05, 3.63) is 34.2 Å². The maximum absolute atomic E-state index is 13.2. The lowest BCUT2D eigenvalue weighted by molar-refractivity contribution is -0.136. The van der Waals surface area contributed by atoms with E-state index in [1.165, 1.54) is 18.2 Å². The van der Waals surface area contributed by atoms with Crippen molar-refractivity contribution in [3.8, 4) is 0 Å². The predicted octanol–water partition coefficient (Wildman–Crippen LogP) is 2.79. The molecule has 0 aliphatic carbocycles. The van der Waals surface area contributed by atoms with E-state index in [2.05, 4.69) is 41.3 Å². The van der Waals surface area contributed by atoms with Crippen LogP contribution in [0.25, 0.3) is 0 Å². The Kier molecular flexibility index (Phi) is 5.93. The Morgan fingerprint density at radius 3 is 2.91 bits per heavy atom. The number of hydrogen-bond donors (Lipinski definition) is 3. The van der Waals surface area contributed by atoms with Crippen LogP contribution in [-0.4, -0.2) is 38.2 Å². The minimum absolute atomic E-state index is 0.0671. The maximum Gasteiger partial charge on any atom is 0.304 e. The number of nitrogens with zero attached hydrogens (tertiary/aromatic N) is 3. The van der Waals surface area contributed by atoms with Gasteiger partial charge in [-0.05, 0) is 44.4 Å². The fraction of sp³-hybridized carbons (Fsp3) is 0.167. The molecular weight excluding hydrogens is 395 g/mol. The highest BCUT2D eigenvalue weighted by molar-refractivity contribution is 9.10. The molecule has 2 rings (SSSR count). The Balaban J connectivity index is 2.13. The van der Waals surface area contributed by atoms with Gasteiger partial charge < -0.3 is 15.6 Å². The summed E-state index contributed by atoms with van der Waals surface area (Å²) in [4.78, 5) is 10.5. The number of aliphatic carboxylic acids is 1. The summed E-state index contributed by atoms with van der Waals surface area (Å²) in [6, 6.07) is 4.12. The summed E-state index contributed by atoms with van der Waals surface area (Å²) in [6.07, 6.45) is -0.0685. The van der Waals surface area contributed by atoms with Gasteiger partial charge in [-0.1, -0.05) is 16.9 Å². The molecule has 23 heavy (non-hydrogen) atoms. The van der Waals surface area contributed by atoms with E-state index in [-0.39, 0.29) is 33.2 Å². The van der Waals surface area contributed by atoms with Gasteiger partial charge in [-0.2, -0.15) is 0 Å². The number of benzene rings is 1. The minimum atomic E-state index is -0.944. The maximum atomic E-state index is 13.2. The van der Waals surface area contributed by atoms with Gasteiger partial charge in [-0.3, -0.25) is 4.79 Å². The van der Waals surface area contributed by atoms with Gasteiger partial charge in [0.25, 0.3) is 0 Å². The van der Waals surface area contributed by atoms with Gasteiger partial charge in [0, 0.05) is 11.4 Å². The van der Waals surface area contributed by atoms with Crippen molar-refractivity contribution in [2.75, 3.05) is 11.1 Å². The van der Waals surface area contributed by atoms with Crippen LogP contribution in [-0.2, 0) is 4.79 Å². The van der Waals surface area contributed by atoms with Crippen molar-refractivity contribution in [2.24, 2.45) is 5.16 Å². The zero-order valence-electron chi connectivity index (χ0n) is 11.4. The first kappa shape index (κ1) is 17.2. The number of oxime groups is 1. The molecule has 0 aliphatic rings. The van der Waals surface area contributed by atoms with E-state index in [1.807, 2.05) is 0 Å². The molecule has 0 unspecified atom stereocenters. The fourth-order valence-electron chi connectivity index (χ4n) is 1.50. The molecule has 0 spiro atoms. The van der Waals surface area contributed by atoms with Gasteiger partial charge in [-0.25, -0.2) is 9.02 Å². The minimum Gasteiger partial charge on any atom is -0.481 e. The first-order valence-electron chi connectivity index (χ1n) is 6.13. The Morgan fingerprint density at radius 1 is 1.48 bits per heavy atom. The highest BCUT2D eigenvalue weighted by Gasteiger charge is 2.18. The number of aromatic nitrogens is 2. The molecule has 0 saturated heterocycles. The SMILES string of the molecule is O=C(O)CCSc1nonc1/C(=N/O)Nc1ccc(F)c(Br)c1. The molecule has 0 amide bonds. The Bertz CT molecular complexity index is 740. The molecule has 0 saturated carbocycles. The predicted molar refractivity (Wildman–Crippen MR) is 83.3 cm³/mol. The normalized spacial score (nSPS) is 11.5. The van der Waals surface area contributed by atoms with Crippen molar-refractivity contribution < 1.29 is 24.1 Å². The molecule has 0 radical (unpaired) electrons. The second-order valence-electron chi connectivity index (χ2n) is 4.11. The fourth-order valence-corrected chi connectivity index (χ4v) is 2.70. The van der Waals surface area contributed by atoms with E-state index >= 15 is 0 Å². The van der Waals surface area contributed by atoms with E-state index in [0.717, 1.165) is 11.8 Å². The Morgan fingerprint density at radius 2 is 2.26 bits per heavy atom. The summed E-state index contributed by atoms with van der Waals surface area (Å²) < 4.78 is 18.0. The third-order valence-electron chi connectivity index (χ3n) is 2.52. The number of nitrogens with one attached hydrogen (secondary N) is 1. The van der Waals surface area contributed by atoms with E-state index < -0.39 is 11.8 Å². The van der Waals surface area contributed by atoms with Crippen LogP contribution in [0.3, 0.4) is 0 Å². The average Bonchev–Trinajstić information content (AvgIpc) is 2.96. The van der Waals surface area contributed by atoms with Gasteiger partial charge in [-0.15, -0.1) is 0 Å². The molecule has 1 aromatic carbocycles. The third-order valence-corrected chi connectivity index (χ3v) is 4.08. The van der Waals surface area contributed by atoms with Crippen LogP contribution in [0.15, 0.2) is 37.5 Å². The van der Waals surface area contributed by atoms with E-state index in [9.17, 15) is 9.18 Å². The molecule has 0 aliphatic heterocycles. The number of amidine groups is 1. The molecule has 11 heteroatoms. The topological polar surface area (TPSA) is 121 Å². The van der Waals surface area contributed by atoms with E-state index in [0.29, 0.717) is 5.69 Å². The number of carboxylic acids is 1. The van der Waals surface area contributed by atoms with Crippen molar-refractivity contribution in [1.29, 1.82) is 0 Å². The molecule has 0 atom stereocenters. The largest absolute Gasteiger partial charge is 0.481 e. The number of rotatable bonds is 6. The first-order valence-corrected chi connectivity index (χ1v) is 7.90. The summed E-state index contributed by atoms with van der Waals surface area (Å²) >= 11 is 4.14. The highest BCUT2D eigenvalue weighted by Crippen LogP contribution is 2.23. The zero-order valence-corrected chi connectivity index (χ0v) is 13.8. The molecule has 0 bridgehead atoms. The van der Waals surface area contributed by atoms with Crippen molar-refractivity contribution in [1.82, 2.24) is 10.3 Å². The van der Waals surface area contributed by atoms with Crippen LogP contribution in [0.4, 0.5) is 10.1 Å². The molecular formula is C12H10BrFN4O4S. The van der Waals surface area contributed by atoms with Crippen LogP contribution in [0.1, 0.15) is 12.1 Å². The van der Waals surface area contributed by atoms with Gasteiger partial charge in [0.1, 0.15) is 5.82 Å². The van der Waals surface area contributed by atoms with Crippen LogP contribution in [0.2, 0.25) is 0 Å². The van der Waals surface area contributed by atoms with Crippen LogP contribution >= 0.6 is 27.7 Å². The van der Waals surface area contributed by atoms with Crippen molar-refractivity contribution in [3.63, 3.8) is 0 Å². The molecule has 122 valence electrons. The average molecular weight is 405 g/mol. The summed E-state index contributed by atoms with van der Waals surface area (Å²) in [5, 5.41) is 31.1. The second kappa shape index (κ2) is 7.92. The molecule has 1 aromatic heterocycles. The van der Waals surface area contributed by atoms with Crippen molar-refractivity contribution in [2.45, 2.75) is 11.4 Å². The Labute approximate surface area is 141 Å². The third kappa shape index (κ3) is 4.66. The smallest absolute Gasteiger partial charge is 0.304 e. The van der Waals surface area contributed by atoms with Gasteiger partial charge >= 0.3 is 5.97 Å². The molecule has 2 aromatic rings. The van der Waals surface area contributed by atoms with E-state index in [4.69, 9.17) is 10.3 Å². The molecule has 0 fully saturated rings. The standard InChI is InChI=1S/C12H10BrFN4O4S/c13-7-5-6(1-2-8(7)14)15-11(16-21)10-12(18-22-17-10)23-4-3-9(19)20/h1-2,5,21H,3-4H2,(H,15,16)(H,19,20). The molecule has 3 N–H and O–H groups in total. The number of hydrogen-bond acceptors (Lipinski definition) is 7. The number of anilines is 1. The van der Waals surface area contributed by atoms with Crippen LogP contribution < -0.4 is 5.32 Å². The lowest BCUT2D eigenvalue weighted by Crippen LogP contribution is -2.15. The lowest BCUT2D eigenvalue weighted by atomic mass is 10.3. The van der Waals surface area contributed by atoms with Crippen molar-refractivity contribution >= 4 is 45.2 Å². The monoisotopic (exact) mass is 404 g/mol. The second-order valence-corrected chi connectivity index (χ2v) is 6.05. The van der Waals surface area contributed by atoms with Crippen LogP contribution in [0.5, 0.6) is 0 Å². The lowest BCUT2D eigenvalue weighted by Gasteiger charge is -2.07. The number of carbonyl (C=O) groups is 1. The summed E-state index contributed by atoms with van der Waals surface area (Å²) in [5.74, 6) is -1.20.